The number of amides is 4. The number of rotatable bonds is 4. The fourth-order valence-corrected chi connectivity index (χ4v) is 3.43. The van der Waals surface area contributed by atoms with Crippen LogP contribution < -0.4 is 9.29 Å². The van der Waals surface area contributed by atoms with Crippen molar-refractivity contribution in [3.8, 4) is 0 Å². The molecule has 0 unspecified atom stereocenters. The number of carboxylic acids is 2. The summed E-state index contributed by atoms with van der Waals surface area (Å²) in [6, 6.07) is 1.41. The van der Waals surface area contributed by atoms with Crippen molar-refractivity contribution in [3.63, 3.8) is 0 Å². The van der Waals surface area contributed by atoms with Crippen LogP contribution in [0.4, 0.5) is 11.4 Å². The topological polar surface area (TPSA) is 183 Å². The standard InChI is InChI=1S/C16H12N2O10/c19-9-3-4-10(20)17(9,27)13-7(15(23)24)1-2-8(16(25)26)14(13)18(28)11(21)5-6-12(18)22/h1-2,27-28H,3-6H2/p+2. The fraction of sp³-hybridized carbons (Fsp3) is 0.250. The van der Waals surface area contributed by atoms with E-state index in [0.29, 0.717) is 12.1 Å². The number of hydrogen-bond donors (Lipinski definition) is 4. The number of hydroxylamine groups is 4. The summed E-state index contributed by atoms with van der Waals surface area (Å²) in [7, 11) is 0. The van der Waals surface area contributed by atoms with Crippen LogP contribution in [0.2, 0.25) is 0 Å². The Morgan fingerprint density at radius 1 is 0.643 bits per heavy atom. The van der Waals surface area contributed by atoms with E-state index in [-0.39, 0.29) is 0 Å². The van der Waals surface area contributed by atoms with Gasteiger partial charge in [-0.05, 0) is 21.4 Å². The van der Waals surface area contributed by atoms with Gasteiger partial charge in [0.05, 0.1) is 25.7 Å². The highest BCUT2D eigenvalue weighted by atomic mass is 16.6. The molecule has 3 rings (SSSR count). The second kappa shape index (κ2) is 6.10. The molecule has 0 bridgehead atoms. The summed E-state index contributed by atoms with van der Waals surface area (Å²) in [4.78, 5) is 72.6. The van der Waals surface area contributed by atoms with Gasteiger partial charge in [0.2, 0.25) is 0 Å². The van der Waals surface area contributed by atoms with Crippen LogP contribution in [0.25, 0.3) is 0 Å². The third kappa shape index (κ3) is 2.33. The van der Waals surface area contributed by atoms with Gasteiger partial charge in [0.25, 0.3) is 11.4 Å². The van der Waals surface area contributed by atoms with Crippen molar-refractivity contribution >= 4 is 46.9 Å². The number of carbonyl (C=O) groups excluding carboxylic acids is 4. The minimum atomic E-state index is -2.26. The van der Waals surface area contributed by atoms with Gasteiger partial charge in [-0.25, -0.2) is 28.8 Å². The summed E-state index contributed by atoms with van der Waals surface area (Å²) in [5.74, 6) is -8.33. The van der Waals surface area contributed by atoms with Gasteiger partial charge in [-0.1, -0.05) is 0 Å². The van der Waals surface area contributed by atoms with E-state index in [4.69, 9.17) is 0 Å². The molecule has 4 N–H and O–H groups in total. The van der Waals surface area contributed by atoms with Gasteiger partial charge in [0.1, 0.15) is 11.1 Å². The number of nitrogens with zero attached hydrogens (tertiary/aromatic N) is 2. The molecule has 0 aliphatic carbocycles. The van der Waals surface area contributed by atoms with Gasteiger partial charge < -0.3 is 10.2 Å². The van der Waals surface area contributed by atoms with Gasteiger partial charge in [-0.3, -0.25) is 0 Å². The largest absolute Gasteiger partial charge is 0.477 e. The Bertz CT molecular complexity index is 884. The molecule has 0 spiro atoms. The molecule has 1 aromatic rings. The molecule has 12 nitrogen and oxygen atoms in total. The third-order valence-electron chi connectivity index (χ3n) is 4.81. The molecular weight excluding hydrogens is 380 g/mol. The Kier molecular flexibility index (Phi) is 4.24. The average molecular weight is 394 g/mol. The highest BCUT2D eigenvalue weighted by Gasteiger charge is 2.64. The summed E-state index contributed by atoms with van der Waals surface area (Å²) >= 11 is 0. The summed E-state index contributed by atoms with van der Waals surface area (Å²) in [5.41, 5.74) is -4.09. The van der Waals surface area contributed by atoms with Crippen LogP contribution >= 0.6 is 0 Å². The van der Waals surface area contributed by atoms with Crippen molar-refractivity contribution in [1.82, 2.24) is 9.29 Å². The first kappa shape index (κ1) is 19.4. The minimum Gasteiger partial charge on any atom is -0.477 e. The number of imide groups is 2. The molecule has 2 heterocycles. The summed E-state index contributed by atoms with van der Waals surface area (Å²) < 4.78 is -4.53. The van der Waals surface area contributed by atoms with Gasteiger partial charge in [0.15, 0.2) is 0 Å². The molecule has 28 heavy (non-hydrogen) atoms. The number of quaternary nitrogens is 2. The number of hydrogen-bond acceptors (Lipinski definition) is 8. The lowest BCUT2D eigenvalue weighted by molar-refractivity contribution is -0.173. The SMILES string of the molecule is O=C(O)c1ccc(C(=O)O)c([N+]2(O)C(=O)CCC2=O)c1[N+]1(O)C(=O)CCC1=O. The van der Waals surface area contributed by atoms with Crippen molar-refractivity contribution in [2.75, 3.05) is 0 Å². The van der Waals surface area contributed by atoms with E-state index in [0.717, 1.165) is 0 Å². The summed E-state index contributed by atoms with van der Waals surface area (Å²) in [6.45, 7) is 0. The lowest BCUT2D eigenvalue weighted by Gasteiger charge is -2.27. The molecule has 146 valence electrons. The number of carbonyl (C=O) groups is 6. The van der Waals surface area contributed by atoms with Crippen molar-refractivity contribution in [1.29, 1.82) is 0 Å². The third-order valence-corrected chi connectivity index (χ3v) is 4.81. The molecule has 0 radical (unpaired) electrons. The first-order chi connectivity index (χ1) is 13.0. The van der Waals surface area contributed by atoms with Crippen LogP contribution in [0.3, 0.4) is 0 Å². The van der Waals surface area contributed by atoms with E-state index < -0.39 is 93.0 Å². The Hall–Kier alpha value is -3.32. The van der Waals surface area contributed by atoms with E-state index in [1.165, 1.54) is 0 Å². The number of benzene rings is 1. The number of carboxylic acid groups (broad SMARTS) is 2. The van der Waals surface area contributed by atoms with E-state index in [1.807, 2.05) is 0 Å². The van der Waals surface area contributed by atoms with Gasteiger partial charge in [0, 0.05) is 0 Å². The maximum absolute atomic E-state index is 12.3. The van der Waals surface area contributed by atoms with E-state index in [1.54, 1.807) is 0 Å². The Balaban J connectivity index is 2.55. The smallest absolute Gasteiger partial charge is 0.359 e. The quantitative estimate of drug-likeness (QED) is 0.312. The predicted molar refractivity (Wildman–Crippen MR) is 86.0 cm³/mol. The van der Waals surface area contributed by atoms with Gasteiger partial charge in [-0.2, -0.15) is 10.4 Å². The zero-order valence-corrected chi connectivity index (χ0v) is 14.1. The lowest BCUT2D eigenvalue weighted by atomic mass is 10.0. The second-order valence-corrected chi connectivity index (χ2v) is 6.31. The Labute approximate surface area is 155 Å². The molecule has 4 amide bonds. The van der Waals surface area contributed by atoms with Crippen molar-refractivity contribution in [3.05, 3.63) is 23.3 Å². The van der Waals surface area contributed by atoms with Gasteiger partial charge in [-0.15, -0.1) is 0 Å². The maximum atomic E-state index is 12.3. The first-order valence-corrected chi connectivity index (χ1v) is 7.99. The average Bonchev–Trinajstić information content (AvgIpc) is 3.06. The zero-order valence-electron chi connectivity index (χ0n) is 14.1. The summed E-state index contributed by atoms with van der Waals surface area (Å²) in [6.07, 6.45) is -1.95. The molecule has 2 saturated heterocycles. The summed E-state index contributed by atoms with van der Waals surface area (Å²) in [5, 5.41) is 40.6. The highest BCUT2D eigenvalue weighted by molar-refractivity contribution is 6.22. The van der Waals surface area contributed by atoms with Crippen molar-refractivity contribution < 1.29 is 49.4 Å². The Morgan fingerprint density at radius 3 is 1.11 bits per heavy atom. The van der Waals surface area contributed by atoms with Crippen LogP contribution in [0, 0.1) is 0 Å². The molecule has 2 aliphatic heterocycles. The minimum absolute atomic E-state index is 0.488. The normalized spacial score (nSPS) is 20.6. The molecule has 1 aromatic carbocycles. The molecule has 12 heteroatoms. The zero-order chi connectivity index (χ0) is 21.0. The highest BCUT2D eigenvalue weighted by Crippen LogP contribution is 2.47. The van der Waals surface area contributed by atoms with Crippen LogP contribution in [-0.4, -0.2) is 56.2 Å². The molecule has 0 aromatic heterocycles. The van der Waals surface area contributed by atoms with Crippen LogP contribution in [0.5, 0.6) is 0 Å². The van der Waals surface area contributed by atoms with Crippen LogP contribution in [-0.2, 0) is 19.2 Å². The van der Waals surface area contributed by atoms with Crippen LogP contribution in [0.15, 0.2) is 12.1 Å². The molecular formula is C16H14N2O10+2. The molecule has 2 aliphatic rings. The maximum Gasteiger partial charge on any atom is 0.359 e. The molecule has 2 fully saturated rings. The van der Waals surface area contributed by atoms with Crippen molar-refractivity contribution in [2.45, 2.75) is 25.7 Å². The van der Waals surface area contributed by atoms with Gasteiger partial charge >= 0.3 is 35.6 Å². The van der Waals surface area contributed by atoms with E-state index >= 15 is 0 Å². The van der Waals surface area contributed by atoms with E-state index in [9.17, 15) is 49.4 Å². The monoisotopic (exact) mass is 394 g/mol. The second-order valence-electron chi connectivity index (χ2n) is 6.31. The van der Waals surface area contributed by atoms with E-state index in [2.05, 4.69) is 0 Å². The Morgan fingerprint density at radius 2 is 0.893 bits per heavy atom. The predicted octanol–water partition coefficient (Wildman–Crippen LogP) is 0.170. The molecule has 0 atom stereocenters. The number of aromatic carboxylic acids is 2. The fourth-order valence-electron chi connectivity index (χ4n) is 3.43. The first-order valence-electron chi connectivity index (χ1n) is 7.99. The van der Waals surface area contributed by atoms with Crippen molar-refractivity contribution in [2.24, 2.45) is 0 Å². The lowest BCUT2D eigenvalue weighted by Crippen LogP contribution is -2.57. The van der Waals surface area contributed by atoms with Crippen LogP contribution in [0.1, 0.15) is 46.4 Å². The molecule has 0 saturated carbocycles.